The van der Waals surface area contributed by atoms with E-state index in [2.05, 4.69) is 52.3 Å². The monoisotopic (exact) mass is 278 g/mol. The highest BCUT2D eigenvalue weighted by molar-refractivity contribution is 5.58. The van der Waals surface area contributed by atoms with E-state index in [0.29, 0.717) is 5.69 Å². The van der Waals surface area contributed by atoms with Gasteiger partial charge in [0.2, 0.25) is 0 Å². The number of carbonyl (C=O) groups excluding carboxylic acids is 1. The second-order valence-corrected chi connectivity index (χ2v) is 7.14. The number of hydrogen-bond donors (Lipinski definition) is 1. The predicted molar refractivity (Wildman–Crippen MR) is 78.4 cm³/mol. The van der Waals surface area contributed by atoms with Crippen LogP contribution in [0.5, 0.6) is 0 Å². The third kappa shape index (κ3) is 3.89. The topological polar surface area (TPSA) is 75.4 Å². The number of rotatable bonds is 2. The van der Waals surface area contributed by atoms with Crippen LogP contribution in [0.4, 0.5) is 10.5 Å². The minimum absolute atomic E-state index is 0.0381. The lowest BCUT2D eigenvalue weighted by Crippen LogP contribution is -2.25. The molecule has 0 spiro atoms. The molecule has 0 aliphatic carbocycles. The molecule has 2 N–H and O–H groups in total. The van der Waals surface area contributed by atoms with Crippen LogP contribution in [0.2, 0.25) is 0 Å². The van der Waals surface area contributed by atoms with Crippen molar-refractivity contribution < 1.29 is 14.6 Å². The Morgan fingerprint density at radius 2 is 1.60 bits per heavy atom. The van der Waals surface area contributed by atoms with E-state index >= 15 is 0 Å². The quantitative estimate of drug-likeness (QED) is 0.666. The largest absolute Gasteiger partial charge is 0.545 e. The fourth-order valence-electron chi connectivity index (χ4n) is 2.27. The van der Waals surface area contributed by atoms with Crippen molar-refractivity contribution in [1.82, 2.24) is 0 Å². The van der Waals surface area contributed by atoms with Gasteiger partial charge in [0.25, 0.3) is 6.16 Å². The van der Waals surface area contributed by atoms with Crippen molar-refractivity contribution in [2.75, 3.05) is 5.73 Å². The van der Waals surface area contributed by atoms with Crippen LogP contribution < -0.4 is 10.8 Å². The molecule has 0 heterocycles. The third-order valence-corrected chi connectivity index (χ3v) is 3.24. The highest BCUT2D eigenvalue weighted by Gasteiger charge is 2.24. The molecular weight excluding hydrogens is 254 g/mol. The smallest absolute Gasteiger partial charge is 0.252 e. The Kier molecular flexibility index (Phi) is 4.37. The van der Waals surface area contributed by atoms with E-state index in [4.69, 9.17) is 5.73 Å². The van der Waals surface area contributed by atoms with Crippen LogP contribution in [0.15, 0.2) is 12.1 Å². The lowest BCUT2D eigenvalue weighted by Gasteiger charge is -2.29. The Labute approximate surface area is 120 Å². The summed E-state index contributed by atoms with van der Waals surface area (Å²) >= 11 is 0. The summed E-state index contributed by atoms with van der Waals surface area (Å²) in [6, 6.07) is 3.87. The van der Waals surface area contributed by atoms with Crippen molar-refractivity contribution in [2.24, 2.45) is 0 Å². The molecule has 0 aliphatic heterocycles. The number of nitrogens with two attached hydrogens (primary N) is 1. The van der Waals surface area contributed by atoms with Crippen molar-refractivity contribution in [3.05, 3.63) is 28.8 Å². The molecule has 1 rings (SSSR count). The molecule has 0 unspecified atom stereocenters. The van der Waals surface area contributed by atoms with Crippen molar-refractivity contribution in [3.8, 4) is 0 Å². The van der Waals surface area contributed by atoms with Gasteiger partial charge >= 0.3 is 0 Å². The lowest BCUT2D eigenvalue weighted by molar-refractivity contribution is -0.284. The molecule has 0 atom stereocenters. The number of anilines is 1. The molecule has 20 heavy (non-hydrogen) atoms. The minimum atomic E-state index is -1.52. The summed E-state index contributed by atoms with van der Waals surface area (Å²) in [5, 5.41) is 10.5. The number of ether oxygens (including phenoxy) is 1. The second kappa shape index (κ2) is 5.35. The zero-order chi connectivity index (χ0) is 15.7. The van der Waals surface area contributed by atoms with Gasteiger partial charge in [-0.2, -0.15) is 0 Å². The second-order valence-electron chi connectivity index (χ2n) is 7.14. The van der Waals surface area contributed by atoms with Crippen LogP contribution in [0.3, 0.4) is 0 Å². The Bertz CT molecular complexity index is 508. The molecule has 0 bridgehead atoms. The maximum absolute atomic E-state index is 10.5. The third-order valence-electron chi connectivity index (χ3n) is 3.24. The number of carbonyl (C=O) groups is 1. The zero-order valence-corrected chi connectivity index (χ0v) is 13.2. The molecule has 4 heteroatoms. The van der Waals surface area contributed by atoms with Gasteiger partial charge < -0.3 is 20.4 Å². The highest BCUT2D eigenvalue weighted by atomic mass is 16.7. The summed E-state index contributed by atoms with van der Waals surface area (Å²) in [5.41, 5.74) is 9.44. The fourth-order valence-corrected chi connectivity index (χ4v) is 2.27. The first-order valence-electron chi connectivity index (χ1n) is 6.70. The lowest BCUT2D eigenvalue weighted by atomic mass is 9.78. The Balaban J connectivity index is 3.37. The van der Waals surface area contributed by atoms with Crippen molar-refractivity contribution >= 4 is 11.8 Å². The molecular formula is C16H24NO3-. The molecule has 0 aromatic heterocycles. The standard InChI is InChI=1S/C16H25NO3/c1-15(2,3)11-8-12(16(4,5)6)13(17)7-10(11)9-20-14(18)19/h7-8H,9,17H2,1-6H3,(H,18,19)/p-1. The van der Waals surface area contributed by atoms with E-state index in [-0.39, 0.29) is 17.4 Å². The van der Waals surface area contributed by atoms with Crippen LogP contribution in [0.25, 0.3) is 0 Å². The van der Waals surface area contributed by atoms with Gasteiger partial charge in [0.1, 0.15) is 0 Å². The van der Waals surface area contributed by atoms with Gasteiger partial charge in [0, 0.05) is 5.69 Å². The first-order chi connectivity index (χ1) is 8.93. The summed E-state index contributed by atoms with van der Waals surface area (Å²) in [5.74, 6) is 0. The Morgan fingerprint density at radius 1 is 1.10 bits per heavy atom. The van der Waals surface area contributed by atoms with Crippen molar-refractivity contribution in [1.29, 1.82) is 0 Å². The summed E-state index contributed by atoms with van der Waals surface area (Å²) in [6.07, 6.45) is -1.52. The van der Waals surface area contributed by atoms with Crippen molar-refractivity contribution in [2.45, 2.75) is 59.0 Å². The van der Waals surface area contributed by atoms with Crippen LogP contribution in [-0.2, 0) is 22.2 Å². The van der Waals surface area contributed by atoms with Crippen molar-refractivity contribution in [3.63, 3.8) is 0 Å². The van der Waals surface area contributed by atoms with Gasteiger partial charge in [-0.3, -0.25) is 0 Å². The molecule has 1 aromatic rings. The van der Waals surface area contributed by atoms with Gasteiger partial charge in [0.05, 0.1) is 6.61 Å². The maximum Gasteiger partial charge on any atom is 0.252 e. The van der Waals surface area contributed by atoms with Crippen LogP contribution in [0, 0.1) is 0 Å². The fraction of sp³-hybridized carbons (Fsp3) is 0.562. The van der Waals surface area contributed by atoms with E-state index < -0.39 is 6.16 Å². The van der Waals surface area contributed by atoms with Gasteiger partial charge in [-0.1, -0.05) is 47.6 Å². The molecule has 0 radical (unpaired) electrons. The first-order valence-corrected chi connectivity index (χ1v) is 6.70. The highest BCUT2D eigenvalue weighted by Crippen LogP contribution is 2.35. The van der Waals surface area contributed by atoms with E-state index in [1.807, 2.05) is 6.07 Å². The number of hydrogen-bond acceptors (Lipinski definition) is 4. The molecule has 1 aromatic carbocycles. The van der Waals surface area contributed by atoms with Gasteiger partial charge in [-0.25, -0.2) is 0 Å². The van der Waals surface area contributed by atoms with Gasteiger partial charge in [-0.05, 0) is 33.6 Å². The van der Waals surface area contributed by atoms with E-state index in [0.717, 1.165) is 16.7 Å². The van der Waals surface area contributed by atoms with Gasteiger partial charge in [-0.15, -0.1) is 0 Å². The average Bonchev–Trinajstić information content (AvgIpc) is 2.22. The first kappa shape index (κ1) is 16.3. The van der Waals surface area contributed by atoms with Crippen LogP contribution in [-0.4, -0.2) is 6.16 Å². The molecule has 4 nitrogen and oxygen atoms in total. The molecule has 0 aliphatic rings. The van der Waals surface area contributed by atoms with Crippen LogP contribution in [0.1, 0.15) is 58.2 Å². The summed E-state index contributed by atoms with van der Waals surface area (Å²) in [6.45, 7) is 12.5. The predicted octanol–water partition coefficient (Wildman–Crippen LogP) is 2.72. The van der Waals surface area contributed by atoms with E-state index in [1.54, 1.807) is 0 Å². The number of benzene rings is 1. The average molecular weight is 278 g/mol. The number of nitrogen functional groups attached to an aromatic ring is 1. The maximum atomic E-state index is 10.5. The summed E-state index contributed by atoms with van der Waals surface area (Å²) < 4.78 is 4.59. The summed E-state index contributed by atoms with van der Waals surface area (Å²) in [4.78, 5) is 10.5. The van der Waals surface area contributed by atoms with E-state index in [1.165, 1.54) is 0 Å². The minimum Gasteiger partial charge on any atom is -0.545 e. The van der Waals surface area contributed by atoms with Gasteiger partial charge in [0.15, 0.2) is 0 Å². The normalized spacial score (nSPS) is 12.3. The number of carboxylic acid groups (broad SMARTS) is 1. The molecule has 0 amide bonds. The SMILES string of the molecule is CC(C)(C)c1cc(C(C)(C)C)c(COC(=O)[O-])cc1N. The van der Waals surface area contributed by atoms with Crippen LogP contribution >= 0.6 is 0 Å². The molecule has 112 valence electrons. The summed E-state index contributed by atoms with van der Waals surface area (Å²) in [7, 11) is 0. The zero-order valence-electron chi connectivity index (χ0n) is 13.2. The van der Waals surface area contributed by atoms with E-state index in [9.17, 15) is 9.90 Å². The molecule has 0 saturated heterocycles. The Hall–Kier alpha value is -1.71. The molecule has 0 fully saturated rings. The molecule has 0 saturated carbocycles. The Morgan fingerprint density at radius 3 is 2.00 bits per heavy atom.